The van der Waals surface area contributed by atoms with Crippen molar-refractivity contribution in [3.05, 3.63) is 150 Å². The summed E-state index contributed by atoms with van der Waals surface area (Å²) in [6.07, 6.45) is 0. The molecule has 2 atom stereocenters. The molecule has 2 unspecified atom stereocenters. The first-order valence-electron chi connectivity index (χ1n) is 14.9. The van der Waals surface area contributed by atoms with E-state index in [4.69, 9.17) is 4.98 Å². The van der Waals surface area contributed by atoms with Crippen LogP contribution in [-0.4, -0.2) is 9.97 Å². The number of pyridine rings is 1. The number of nitrogens with zero attached hydrogens (tertiary/aromatic N) is 1. The van der Waals surface area contributed by atoms with Gasteiger partial charge in [0.15, 0.2) is 0 Å². The standard InChI is InChI=1S/C39H28F2N2P2/c1-24-9-19-32-36(21-24)44(30-15-11-28(40)12-16-30)34-7-3-5-26-23-27-6-4-8-35(39(27)43-38(26)34)45(31-17-13-29(41)14-18-31)37-22-25(2)10-20-33(37)42-32/h3-23,42H,1-2H3. The second-order valence-electron chi connectivity index (χ2n) is 11.5. The molecule has 218 valence electrons. The Bertz CT molecular complexity index is 2350. The third kappa shape index (κ3) is 4.92. The highest BCUT2D eigenvalue weighted by atomic mass is 31.1. The van der Waals surface area contributed by atoms with E-state index in [-0.39, 0.29) is 11.6 Å². The fourth-order valence-electron chi connectivity index (χ4n) is 6.22. The van der Waals surface area contributed by atoms with Crippen LogP contribution >= 0.6 is 15.1 Å². The Kier molecular flexibility index (Phi) is 6.79. The predicted octanol–water partition coefficient (Wildman–Crippen LogP) is 12.7. The highest BCUT2D eigenvalue weighted by Crippen LogP contribution is 2.53. The summed E-state index contributed by atoms with van der Waals surface area (Å²) < 4.78 is 28.5. The molecule has 45 heavy (non-hydrogen) atoms. The van der Waals surface area contributed by atoms with E-state index in [0.29, 0.717) is 0 Å². The third-order valence-corrected chi connectivity index (χ3v) is 13.4. The molecular formula is C39H28F2N2P2. The maximum absolute atomic E-state index is 14.3. The molecular weight excluding hydrogens is 596 g/mol. The lowest BCUT2D eigenvalue weighted by atomic mass is 10.1. The van der Waals surface area contributed by atoms with Gasteiger partial charge in [0.05, 0.1) is 22.1 Å². The van der Waals surface area contributed by atoms with E-state index in [2.05, 4.69) is 97.7 Å². The van der Waals surface area contributed by atoms with Gasteiger partial charge in [0.25, 0.3) is 0 Å². The zero-order valence-corrected chi connectivity index (χ0v) is 26.5. The highest BCUT2D eigenvalue weighted by Gasteiger charge is 2.14. The maximum atomic E-state index is 14.3. The highest BCUT2D eigenvalue weighted by molar-refractivity contribution is 7.67. The molecule has 8 rings (SSSR count). The number of hydrogen-bond donors (Lipinski definition) is 1. The summed E-state index contributed by atoms with van der Waals surface area (Å²) in [4.78, 5) is 9.39. The summed E-state index contributed by atoms with van der Waals surface area (Å²) in [6, 6.07) is 42.0. The topological polar surface area (TPSA) is 28.7 Å². The van der Waals surface area contributed by atoms with Crippen molar-refractivity contribution in [3.8, 4) is 10.6 Å². The van der Waals surface area contributed by atoms with E-state index in [1.165, 1.54) is 0 Å². The average molecular weight is 625 g/mol. The van der Waals surface area contributed by atoms with Crippen LogP contribution in [0.15, 0.2) is 127 Å². The molecule has 0 aliphatic heterocycles. The number of hydrogen-bond acceptors (Lipinski definition) is 1. The van der Waals surface area contributed by atoms with Crippen molar-refractivity contribution in [1.29, 1.82) is 0 Å². The molecule has 6 aromatic carbocycles. The third-order valence-electron chi connectivity index (χ3n) is 8.34. The van der Waals surface area contributed by atoms with Crippen LogP contribution in [-0.2, 0) is 0 Å². The molecule has 0 aliphatic rings. The van der Waals surface area contributed by atoms with Crippen molar-refractivity contribution in [2.45, 2.75) is 13.8 Å². The van der Waals surface area contributed by atoms with Gasteiger partial charge in [-0.25, -0.2) is 13.8 Å². The fraction of sp³-hybridized carbons (Fsp3) is 0.0513. The first kappa shape index (κ1) is 27.8. The zero-order chi connectivity index (χ0) is 30.7. The van der Waals surface area contributed by atoms with Gasteiger partial charge < -0.3 is 4.98 Å². The fourth-order valence-corrected chi connectivity index (χ4v) is 11.4. The number of nitrogens with one attached hydrogen (secondary N) is 1. The molecule has 0 spiro atoms. The first-order chi connectivity index (χ1) is 21.9. The molecule has 2 nitrogen and oxygen atoms in total. The number of para-hydroxylation sites is 2. The Morgan fingerprint density at radius 1 is 0.489 bits per heavy atom. The van der Waals surface area contributed by atoms with Gasteiger partial charge in [-0.15, -0.1) is 0 Å². The number of aryl methyl sites for hydroxylation is 2. The lowest BCUT2D eigenvalue weighted by Gasteiger charge is -2.15. The van der Waals surface area contributed by atoms with Gasteiger partial charge in [0.1, 0.15) is 11.6 Å². The van der Waals surface area contributed by atoms with E-state index in [9.17, 15) is 8.78 Å². The van der Waals surface area contributed by atoms with Gasteiger partial charge in [-0.1, -0.05) is 62.6 Å². The van der Waals surface area contributed by atoms with Gasteiger partial charge in [0.2, 0.25) is 0 Å². The lowest BCUT2D eigenvalue weighted by Crippen LogP contribution is -1.87. The van der Waals surface area contributed by atoms with Gasteiger partial charge in [-0.05, 0) is 115 Å². The lowest BCUT2D eigenvalue weighted by molar-refractivity contribution is 0.628. The Hall–Kier alpha value is -4.75. The predicted molar refractivity (Wildman–Crippen MR) is 190 cm³/mol. The van der Waals surface area contributed by atoms with Crippen molar-refractivity contribution < 1.29 is 8.78 Å². The molecule has 0 radical (unpaired) electrons. The molecule has 0 saturated heterocycles. The minimum absolute atomic E-state index is 0.254. The van der Waals surface area contributed by atoms with Crippen molar-refractivity contribution in [2.75, 3.05) is 0 Å². The van der Waals surface area contributed by atoms with Crippen LogP contribution in [0.3, 0.4) is 0 Å². The monoisotopic (exact) mass is 624 g/mol. The van der Waals surface area contributed by atoms with E-state index in [1.54, 1.807) is 24.3 Å². The van der Waals surface area contributed by atoms with Crippen LogP contribution in [0.1, 0.15) is 11.1 Å². The second kappa shape index (κ2) is 11.0. The second-order valence-corrected chi connectivity index (χ2v) is 15.8. The van der Waals surface area contributed by atoms with Crippen LogP contribution in [0, 0.1) is 25.5 Å². The van der Waals surface area contributed by atoms with E-state index < -0.39 is 15.1 Å². The molecule has 0 aliphatic carbocycles. The molecule has 8 aromatic rings. The number of H-pyrrole nitrogens is 1. The van der Waals surface area contributed by atoms with E-state index >= 15 is 0 Å². The van der Waals surface area contributed by atoms with Gasteiger partial charge in [-0.3, -0.25) is 0 Å². The SMILES string of the molecule is Cc1ccc2[nH]c3ccc(C)cc3p(-c3ccc(F)cc3)c3cccc4cc5cccc(c5nc43)p(-c3ccc(F)cc3)c2c1. The Labute approximate surface area is 261 Å². The van der Waals surface area contributed by atoms with Crippen molar-refractivity contribution in [1.82, 2.24) is 9.97 Å². The molecule has 2 bridgehead atoms. The van der Waals surface area contributed by atoms with Crippen LogP contribution in [0.4, 0.5) is 8.78 Å². The van der Waals surface area contributed by atoms with Crippen LogP contribution in [0.5, 0.6) is 0 Å². The van der Waals surface area contributed by atoms with E-state index in [1.807, 2.05) is 24.3 Å². The molecule has 0 fully saturated rings. The Morgan fingerprint density at radius 2 is 0.933 bits per heavy atom. The summed E-state index contributed by atoms with van der Waals surface area (Å²) in [5, 5.41) is 8.78. The summed E-state index contributed by atoms with van der Waals surface area (Å²) >= 11 is 0. The maximum Gasteiger partial charge on any atom is 0.123 e. The Morgan fingerprint density at radius 3 is 1.38 bits per heavy atom. The van der Waals surface area contributed by atoms with Crippen molar-refractivity contribution >= 4 is 68.4 Å². The minimum atomic E-state index is -1.13. The normalized spacial score (nSPS) is 12.4. The zero-order valence-electron chi connectivity index (χ0n) is 24.7. The van der Waals surface area contributed by atoms with Crippen molar-refractivity contribution in [2.24, 2.45) is 0 Å². The largest absolute Gasteiger partial charge is 0.354 e. The van der Waals surface area contributed by atoms with Gasteiger partial charge in [-0.2, -0.15) is 0 Å². The molecule has 2 aromatic heterocycles. The summed E-state index contributed by atoms with van der Waals surface area (Å²) in [5.74, 6) is -0.508. The quantitative estimate of drug-likeness (QED) is 0.191. The number of rotatable bonds is 2. The van der Waals surface area contributed by atoms with Crippen LogP contribution in [0.2, 0.25) is 0 Å². The number of halogens is 2. The van der Waals surface area contributed by atoms with Crippen molar-refractivity contribution in [3.63, 3.8) is 0 Å². The smallest absolute Gasteiger partial charge is 0.123 e. The number of aromatic amines is 1. The van der Waals surface area contributed by atoms with E-state index in [0.717, 1.165) is 75.0 Å². The van der Waals surface area contributed by atoms with Gasteiger partial charge in [0, 0.05) is 31.2 Å². The summed E-state index contributed by atoms with van der Waals surface area (Å²) in [5.41, 5.74) is 6.19. The number of aromatic nitrogens is 2. The number of benzene rings is 6. The average Bonchev–Trinajstić information content (AvgIpc) is 3.04. The molecule has 0 amide bonds. The summed E-state index contributed by atoms with van der Waals surface area (Å²) in [6.45, 7) is 4.22. The minimum Gasteiger partial charge on any atom is -0.354 e. The summed E-state index contributed by atoms with van der Waals surface area (Å²) in [7, 11) is -2.26. The van der Waals surface area contributed by atoms with Crippen LogP contribution < -0.4 is 0 Å². The number of fused-ring (bicyclic) bond motifs is 2. The molecule has 1 N–H and O–H groups in total. The first-order valence-corrected chi connectivity index (χ1v) is 17.5. The molecule has 0 saturated carbocycles. The molecule has 6 heteroatoms. The van der Waals surface area contributed by atoms with Crippen LogP contribution in [0.25, 0.3) is 63.9 Å². The molecule has 2 heterocycles. The Balaban J connectivity index is 1.73. The van der Waals surface area contributed by atoms with Gasteiger partial charge >= 0.3 is 0 Å².